The van der Waals surface area contributed by atoms with Crippen LogP contribution in [0.5, 0.6) is 0 Å². The largest absolute Gasteiger partial charge is 0.390 e. The van der Waals surface area contributed by atoms with Crippen molar-refractivity contribution in [2.24, 2.45) is 0 Å². The Bertz CT molecular complexity index is 346. The third-order valence-electron chi connectivity index (χ3n) is 2.21. The fraction of sp³-hybridized carbons (Fsp3) is 0.455. The van der Waals surface area contributed by atoms with Gasteiger partial charge in [-0.15, -0.1) is 0 Å². The Hall–Kier alpha value is -1.10. The van der Waals surface area contributed by atoms with Crippen LogP contribution in [0.25, 0.3) is 0 Å². The molecule has 0 amide bonds. The highest BCUT2D eigenvalue weighted by Crippen LogP contribution is 2.18. The first kappa shape index (κ1) is 13.0. The molecule has 1 nitrogen and oxygen atoms in total. The van der Waals surface area contributed by atoms with Crippen molar-refractivity contribution < 1.29 is 17.6 Å². The van der Waals surface area contributed by atoms with Gasteiger partial charge in [-0.2, -0.15) is 13.2 Å². The van der Waals surface area contributed by atoms with E-state index in [1.165, 1.54) is 12.1 Å². The zero-order valence-electron chi connectivity index (χ0n) is 8.87. The molecule has 0 aliphatic carbocycles. The van der Waals surface area contributed by atoms with Crippen LogP contribution in [-0.2, 0) is 6.54 Å². The molecule has 5 heteroatoms. The number of nitrogens with one attached hydrogen (secondary N) is 1. The summed E-state index contributed by atoms with van der Waals surface area (Å²) >= 11 is 0. The van der Waals surface area contributed by atoms with Crippen LogP contribution in [0.15, 0.2) is 18.2 Å². The van der Waals surface area contributed by atoms with Gasteiger partial charge in [-0.1, -0.05) is 6.07 Å². The third-order valence-corrected chi connectivity index (χ3v) is 2.21. The van der Waals surface area contributed by atoms with Gasteiger partial charge in [0.1, 0.15) is 5.82 Å². The lowest BCUT2D eigenvalue weighted by atomic mass is 10.1. The molecule has 0 unspecified atom stereocenters. The van der Waals surface area contributed by atoms with E-state index in [1.807, 2.05) is 0 Å². The molecule has 0 saturated carbocycles. The van der Waals surface area contributed by atoms with Crippen molar-refractivity contribution in [2.45, 2.75) is 26.1 Å². The standard InChI is InChI=1S/C11H13F4N/c1-8-6-10(12)3-2-9(8)7-16-5-4-11(13,14)15/h2-3,6,16H,4-5,7H2,1H3. The SMILES string of the molecule is Cc1cc(F)ccc1CNCCC(F)(F)F. The molecule has 0 atom stereocenters. The summed E-state index contributed by atoms with van der Waals surface area (Å²) in [6.07, 6.45) is -4.99. The highest BCUT2D eigenvalue weighted by Gasteiger charge is 2.25. The molecule has 1 N–H and O–H groups in total. The van der Waals surface area contributed by atoms with E-state index < -0.39 is 12.6 Å². The average molecular weight is 235 g/mol. The number of benzene rings is 1. The molecule has 0 bridgehead atoms. The van der Waals surface area contributed by atoms with Crippen molar-refractivity contribution in [2.75, 3.05) is 6.54 Å². The molecular formula is C11H13F4N. The maximum atomic E-state index is 12.7. The van der Waals surface area contributed by atoms with Gasteiger partial charge in [0.25, 0.3) is 0 Å². The van der Waals surface area contributed by atoms with Crippen LogP contribution in [0.1, 0.15) is 17.5 Å². The molecule has 0 radical (unpaired) electrons. The van der Waals surface area contributed by atoms with Gasteiger partial charge >= 0.3 is 6.18 Å². The van der Waals surface area contributed by atoms with Crippen molar-refractivity contribution in [3.63, 3.8) is 0 Å². The predicted molar refractivity (Wildman–Crippen MR) is 53.5 cm³/mol. The van der Waals surface area contributed by atoms with E-state index in [0.29, 0.717) is 6.54 Å². The quantitative estimate of drug-likeness (QED) is 0.624. The topological polar surface area (TPSA) is 12.0 Å². The summed E-state index contributed by atoms with van der Waals surface area (Å²) in [6, 6.07) is 4.24. The van der Waals surface area contributed by atoms with Gasteiger partial charge in [-0.3, -0.25) is 0 Å². The second-order valence-corrected chi connectivity index (χ2v) is 3.61. The van der Waals surface area contributed by atoms with Gasteiger partial charge in [0.15, 0.2) is 0 Å². The molecule has 0 aromatic heterocycles. The zero-order chi connectivity index (χ0) is 12.2. The fourth-order valence-electron chi connectivity index (χ4n) is 1.31. The zero-order valence-corrected chi connectivity index (χ0v) is 8.87. The number of hydrogen-bond donors (Lipinski definition) is 1. The summed E-state index contributed by atoms with van der Waals surface area (Å²) in [5.41, 5.74) is 1.54. The van der Waals surface area contributed by atoms with Gasteiger partial charge in [0.05, 0.1) is 6.42 Å². The molecule has 0 saturated heterocycles. The third kappa shape index (κ3) is 4.61. The Kier molecular flexibility index (Phi) is 4.29. The highest BCUT2D eigenvalue weighted by molar-refractivity contribution is 5.26. The Balaban J connectivity index is 2.38. The Morgan fingerprint density at radius 1 is 1.25 bits per heavy atom. The molecule has 0 aliphatic heterocycles. The van der Waals surface area contributed by atoms with Crippen molar-refractivity contribution in [3.05, 3.63) is 35.1 Å². The normalized spacial score (nSPS) is 11.8. The molecular weight excluding hydrogens is 222 g/mol. The molecule has 90 valence electrons. The van der Waals surface area contributed by atoms with Crippen LogP contribution in [0.2, 0.25) is 0 Å². The molecule has 1 aromatic rings. The predicted octanol–water partition coefficient (Wildman–Crippen LogP) is 3.18. The summed E-state index contributed by atoms with van der Waals surface area (Å²) < 4.78 is 48.2. The smallest absolute Gasteiger partial charge is 0.312 e. The van der Waals surface area contributed by atoms with Gasteiger partial charge in [-0.25, -0.2) is 4.39 Å². The first-order valence-electron chi connectivity index (χ1n) is 4.91. The molecule has 0 heterocycles. The van der Waals surface area contributed by atoms with E-state index in [2.05, 4.69) is 5.32 Å². The highest BCUT2D eigenvalue weighted by atomic mass is 19.4. The minimum Gasteiger partial charge on any atom is -0.312 e. The summed E-state index contributed by atoms with van der Waals surface area (Å²) in [4.78, 5) is 0. The van der Waals surface area contributed by atoms with Crippen molar-refractivity contribution in [1.82, 2.24) is 5.32 Å². The van der Waals surface area contributed by atoms with E-state index in [0.717, 1.165) is 11.1 Å². The summed E-state index contributed by atoms with van der Waals surface area (Å²) in [7, 11) is 0. The summed E-state index contributed by atoms with van der Waals surface area (Å²) in [6.45, 7) is 1.92. The minimum atomic E-state index is -4.13. The monoisotopic (exact) mass is 235 g/mol. The van der Waals surface area contributed by atoms with Gasteiger partial charge in [0.2, 0.25) is 0 Å². The van der Waals surface area contributed by atoms with E-state index in [9.17, 15) is 17.6 Å². The minimum absolute atomic E-state index is 0.125. The Morgan fingerprint density at radius 3 is 2.50 bits per heavy atom. The second kappa shape index (κ2) is 5.30. The lowest BCUT2D eigenvalue weighted by Crippen LogP contribution is -2.21. The number of aryl methyl sites for hydroxylation is 1. The Morgan fingerprint density at radius 2 is 1.94 bits per heavy atom. The lowest BCUT2D eigenvalue weighted by Gasteiger charge is -2.09. The Labute approximate surface area is 91.5 Å². The molecule has 0 aliphatic rings. The molecule has 16 heavy (non-hydrogen) atoms. The van der Waals surface area contributed by atoms with Crippen molar-refractivity contribution in [1.29, 1.82) is 0 Å². The maximum absolute atomic E-state index is 12.7. The molecule has 0 spiro atoms. The van der Waals surface area contributed by atoms with Crippen LogP contribution < -0.4 is 5.32 Å². The number of hydrogen-bond acceptors (Lipinski definition) is 1. The fourth-order valence-corrected chi connectivity index (χ4v) is 1.31. The first-order valence-corrected chi connectivity index (χ1v) is 4.91. The van der Waals surface area contributed by atoms with Gasteiger partial charge < -0.3 is 5.32 Å². The summed E-state index contributed by atoms with van der Waals surface area (Å²) in [5.74, 6) is -0.337. The lowest BCUT2D eigenvalue weighted by molar-refractivity contribution is -0.133. The van der Waals surface area contributed by atoms with Crippen LogP contribution in [0, 0.1) is 12.7 Å². The van der Waals surface area contributed by atoms with Crippen molar-refractivity contribution >= 4 is 0 Å². The molecule has 1 aromatic carbocycles. The van der Waals surface area contributed by atoms with Gasteiger partial charge in [0, 0.05) is 13.1 Å². The van der Waals surface area contributed by atoms with E-state index in [4.69, 9.17) is 0 Å². The van der Waals surface area contributed by atoms with E-state index in [-0.39, 0.29) is 12.4 Å². The number of alkyl halides is 3. The molecule has 0 fully saturated rings. The summed E-state index contributed by atoms with van der Waals surface area (Å²) in [5, 5.41) is 2.68. The van der Waals surface area contributed by atoms with E-state index in [1.54, 1.807) is 13.0 Å². The van der Waals surface area contributed by atoms with Crippen LogP contribution in [0.4, 0.5) is 17.6 Å². The maximum Gasteiger partial charge on any atom is 0.390 e. The first-order chi connectivity index (χ1) is 7.38. The van der Waals surface area contributed by atoms with Crippen molar-refractivity contribution in [3.8, 4) is 0 Å². The van der Waals surface area contributed by atoms with E-state index >= 15 is 0 Å². The number of halogens is 4. The van der Waals surface area contributed by atoms with Gasteiger partial charge in [-0.05, 0) is 30.2 Å². The van der Waals surface area contributed by atoms with Crippen LogP contribution in [-0.4, -0.2) is 12.7 Å². The second-order valence-electron chi connectivity index (χ2n) is 3.61. The number of rotatable bonds is 4. The molecule has 1 rings (SSSR count). The van der Waals surface area contributed by atoms with Crippen LogP contribution >= 0.6 is 0 Å². The van der Waals surface area contributed by atoms with Crippen LogP contribution in [0.3, 0.4) is 0 Å². The average Bonchev–Trinajstić information content (AvgIpc) is 2.13.